The fraction of sp³-hybridized carbons (Fsp3) is 0. The highest BCUT2D eigenvalue weighted by Crippen LogP contribution is 2.26. The highest BCUT2D eigenvalue weighted by atomic mass is 32.2. The molecule has 0 bridgehead atoms. The number of sulfonamides is 1. The van der Waals surface area contributed by atoms with E-state index in [2.05, 4.69) is 22.0 Å². The molecule has 0 aromatic heterocycles. The van der Waals surface area contributed by atoms with E-state index in [4.69, 9.17) is 6.42 Å². The van der Waals surface area contributed by atoms with Crippen LogP contribution in [-0.2, 0) is 10.0 Å². The fourth-order valence-electron chi connectivity index (χ4n) is 1.11. The summed E-state index contributed by atoms with van der Waals surface area (Å²) in [5.41, 5.74) is 0.856. The first-order chi connectivity index (χ1) is 6.63. The summed E-state index contributed by atoms with van der Waals surface area (Å²) >= 11 is 0. The summed E-state index contributed by atoms with van der Waals surface area (Å²) in [6.07, 6.45) is 7.36. The van der Waals surface area contributed by atoms with Crippen molar-refractivity contribution in [3.05, 3.63) is 23.8 Å². The van der Waals surface area contributed by atoms with Gasteiger partial charge in [-0.25, -0.2) is 13.4 Å². The SMILES string of the molecule is C#Cc1ccc2c(c1)S(=O)(=O)N[C]=N2. The molecule has 14 heavy (non-hydrogen) atoms. The zero-order valence-corrected chi connectivity index (χ0v) is 7.80. The van der Waals surface area contributed by atoms with Crippen LogP contribution in [0.5, 0.6) is 0 Å². The number of nitrogens with one attached hydrogen (secondary N) is 1. The summed E-state index contributed by atoms with van der Waals surface area (Å²) in [6.45, 7) is 0. The molecule has 0 amide bonds. The third kappa shape index (κ3) is 1.26. The Morgan fingerprint density at radius 1 is 1.50 bits per heavy atom. The van der Waals surface area contributed by atoms with Gasteiger partial charge in [0, 0.05) is 5.56 Å². The van der Waals surface area contributed by atoms with Crippen molar-refractivity contribution in [1.29, 1.82) is 0 Å². The predicted octanol–water partition coefficient (Wildman–Crippen LogP) is 0.497. The van der Waals surface area contributed by atoms with Gasteiger partial charge in [0.2, 0.25) is 0 Å². The van der Waals surface area contributed by atoms with Crippen molar-refractivity contribution in [3.63, 3.8) is 0 Å². The summed E-state index contributed by atoms with van der Waals surface area (Å²) in [7, 11) is -3.53. The average Bonchev–Trinajstić information content (AvgIpc) is 2.17. The van der Waals surface area contributed by atoms with Crippen molar-refractivity contribution in [3.8, 4) is 12.3 Å². The van der Waals surface area contributed by atoms with E-state index in [9.17, 15) is 8.42 Å². The Balaban J connectivity index is 2.75. The van der Waals surface area contributed by atoms with Gasteiger partial charge in [-0.15, -0.1) is 6.42 Å². The molecule has 1 radical (unpaired) electrons. The van der Waals surface area contributed by atoms with Crippen LogP contribution >= 0.6 is 0 Å². The van der Waals surface area contributed by atoms with Crippen molar-refractivity contribution < 1.29 is 8.42 Å². The lowest BCUT2D eigenvalue weighted by molar-refractivity contribution is 0.592. The zero-order chi connectivity index (χ0) is 10.2. The molecule has 0 unspecified atom stereocenters. The maximum absolute atomic E-state index is 11.4. The predicted molar refractivity (Wildman–Crippen MR) is 51.8 cm³/mol. The molecule has 69 valence electrons. The standard InChI is InChI=1S/C9H5N2O2S/c1-2-7-3-4-8-9(5-7)14(12,13)11-6-10-8/h1,3-5H,(H,10,11). The molecule has 4 nitrogen and oxygen atoms in total. The van der Waals surface area contributed by atoms with Gasteiger partial charge in [0.1, 0.15) is 4.90 Å². The summed E-state index contributed by atoms with van der Waals surface area (Å²) in [4.78, 5) is 3.84. The van der Waals surface area contributed by atoms with E-state index >= 15 is 0 Å². The summed E-state index contributed by atoms with van der Waals surface area (Å²) in [5, 5.41) is 0. The minimum atomic E-state index is -3.53. The lowest BCUT2D eigenvalue weighted by Crippen LogP contribution is -2.24. The molecule has 1 heterocycles. The molecule has 0 fully saturated rings. The van der Waals surface area contributed by atoms with Gasteiger partial charge >= 0.3 is 0 Å². The van der Waals surface area contributed by atoms with Crippen LogP contribution in [0.15, 0.2) is 28.1 Å². The highest BCUT2D eigenvalue weighted by molar-refractivity contribution is 7.90. The van der Waals surface area contributed by atoms with Crippen molar-refractivity contribution >= 4 is 22.0 Å². The van der Waals surface area contributed by atoms with Crippen LogP contribution in [-0.4, -0.2) is 14.8 Å². The molecule has 0 saturated heterocycles. The molecule has 1 N–H and O–H groups in total. The van der Waals surface area contributed by atoms with Gasteiger partial charge in [-0.2, -0.15) is 0 Å². The number of terminal acetylenes is 1. The number of hydrogen-bond acceptors (Lipinski definition) is 3. The van der Waals surface area contributed by atoms with Crippen molar-refractivity contribution in [2.24, 2.45) is 4.99 Å². The number of aliphatic imine (C=N–C) groups is 1. The first kappa shape index (κ1) is 8.78. The van der Waals surface area contributed by atoms with E-state index in [1.54, 1.807) is 12.1 Å². The van der Waals surface area contributed by atoms with E-state index in [1.807, 2.05) is 0 Å². The van der Waals surface area contributed by atoms with Crippen LogP contribution in [0.4, 0.5) is 5.69 Å². The Morgan fingerprint density at radius 3 is 3.00 bits per heavy atom. The Hall–Kier alpha value is -1.80. The van der Waals surface area contributed by atoms with Crippen LogP contribution in [0.2, 0.25) is 0 Å². The number of hydrogen-bond donors (Lipinski definition) is 1. The van der Waals surface area contributed by atoms with Gasteiger partial charge in [0.25, 0.3) is 10.0 Å². The molecular formula is C9H5N2O2S. The Labute approximate surface area is 81.7 Å². The third-order valence-electron chi connectivity index (χ3n) is 1.77. The molecule has 1 aromatic rings. The quantitative estimate of drug-likeness (QED) is 0.627. The van der Waals surface area contributed by atoms with Crippen LogP contribution in [0.25, 0.3) is 0 Å². The number of benzene rings is 1. The van der Waals surface area contributed by atoms with Crippen molar-refractivity contribution in [1.82, 2.24) is 4.72 Å². The van der Waals surface area contributed by atoms with Gasteiger partial charge in [-0.3, -0.25) is 4.72 Å². The first-order valence-corrected chi connectivity index (χ1v) is 5.20. The van der Waals surface area contributed by atoms with Gasteiger partial charge < -0.3 is 0 Å². The molecule has 0 spiro atoms. The summed E-state index contributed by atoms with van der Waals surface area (Å²) < 4.78 is 24.9. The molecule has 0 aliphatic carbocycles. The smallest absolute Gasteiger partial charge is 0.260 e. The van der Waals surface area contributed by atoms with Crippen LogP contribution in [0.1, 0.15) is 5.56 Å². The van der Waals surface area contributed by atoms with Crippen LogP contribution in [0.3, 0.4) is 0 Å². The zero-order valence-electron chi connectivity index (χ0n) is 6.98. The minimum Gasteiger partial charge on any atom is -0.260 e. The first-order valence-electron chi connectivity index (χ1n) is 3.72. The van der Waals surface area contributed by atoms with Crippen molar-refractivity contribution in [2.75, 3.05) is 0 Å². The Morgan fingerprint density at radius 2 is 2.29 bits per heavy atom. The maximum Gasteiger partial charge on any atom is 0.265 e. The van der Waals surface area contributed by atoms with E-state index in [0.717, 1.165) is 0 Å². The molecule has 1 aromatic carbocycles. The number of fused-ring (bicyclic) bond motifs is 1. The lowest BCUT2D eigenvalue weighted by atomic mass is 10.2. The molecule has 0 atom stereocenters. The molecular weight excluding hydrogens is 200 g/mol. The minimum absolute atomic E-state index is 0.0895. The van der Waals surface area contributed by atoms with Crippen LogP contribution in [0, 0.1) is 12.3 Å². The lowest BCUT2D eigenvalue weighted by Gasteiger charge is -2.10. The fourth-order valence-corrected chi connectivity index (χ4v) is 2.06. The van der Waals surface area contributed by atoms with E-state index in [-0.39, 0.29) is 4.90 Å². The second kappa shape index (κ2) is 2.86. The number of nitrogens with zero attached hydrogens (tertiary/aromatic N) is 1. The van der Waals surface area contributed by atoms with Gasteiger partial charge in [-0.1, -0.05) is 5.92 Å². The maximum atomic E-state index is 11.4. The average molecular weight is 205 g/mol. The normalized spacial score (nSPS) is 16.5. The Kier molecular flexibility index (Phi) is 1.79. The third-order valence-corrected chi connectivity index (χ3v) is 3.04. The largest absolute Gasteiger partial charge is 0.265 e. The molecule has 1 aliphatic heterocycles. The van der Waals surface area contributed by atoms with Gasteiger partial charge in [0.05, 0.1) is 5.69 Å². The van der Waals surface area contributed by atoms with Crippen molar-refractivity contribution in [2.45, 2.75) is 4.90 Å². The van der Waals surface area contributed by atoms with E-state index in [1.165, 1.54) is 6.07 Å². The van der Waals surface area contributed by atoms with E-state index < -0.39 is 10.0 Å². The topological polar surface area (TPSA) is 58.5 Å². The highest BCUT2D eigenvalue weighted by Gasteiger charge is 2.21. The number of rotatable bonds is 0. The van der Waals surface area contributed by atoms with Gasteiger partial charge in [0.15, 0.2) is 6.34 Å². The molecule has 2 rings (SSSR count). The van der Waals surface area contributed by atoms with E-state index in [0.29, 0.717) is 11.3 Å². The summed E-state index contributed by atoms with van der Waals surface area (Å²) in [6, 6.07) is 4.59. The van der Waals surface area contributed by atoms with Gasteiger partial charge in [-0.05, 0) is 18.2 Å². The Bertz CT molecular complexity index is 553. The second-order valence-corrected chi connectivity index (χ2v) is 4.31. The monoisotopic (exact) mass is 205 g/mol. The molecule has 0 saturated carbocycles. The second-order valence-electron chi connectivity index (χ2n) is 2.66. The molecule has 5 heteroatoms. The molecule has 1 aliphatic rings. The summed E-state index contributed by atoms with van der Waals surface area (Å²) in [5.74, 6) is 2.36. The van der Waals surface area contributed by atoms with Crippen LogP contribution < -0.4 is 4.72 Å².